The number of H-pyrrole nitrogens is 1. The number of carbonyl (C=O) groups is 2. The minimum Gasteiger partial charge on any atom is -0.366 e. The van der Waals surface area contributed by atoms with Crippen LogP contribution in [0.15, 0.2) is 6.20 Å². The topological polar surface area (TPSA) is 143 Å². The SMILES string of the molecule is CN(C)C(=O)N1CCN(S(=O)(=O)N2CCC(c3c[nH]c4c(F)c(F)c(F)c(F)c34)CC2)[C@](O)(C(N)=O)C1. The lowest BCUT2D eigenvalue weighted by molar-refractivity contribution is -0.158. The number of hydrogen-bond acceptors (Lipinski definition) is 5. The number of primary amides is 1. The van der Waals surface area contributed by atoms with Gasteiger partial charge < -0.3 is 25.6 Å². The van der Waals surface area contributed by atoms with E-state index >= 15 is 0 Å². The average Bonchev–Trinajstić information content (AvgIpc) is 3.31. The molecule has 0 radical (unpaired) electrons. The number of fused-ring (bicyclic) bond motifs is 1. The molecule has 4 N–H and O–H groups in total. The Kier molecular flexibility index (Phi) is 6.89. The van der Waals surface area contributed by atoms with Gasteiger partial charge in [0.05, 0.1) is 12.1 Å². The number of piperidine rings is 1. The van der Waals surface area contributed by atoms with E-state index in [-0.39, 0.29) is 38.0 Å². The van der Waals surface area contributed by atoms with Crippen molar-refractivity contribution >= 4 is 33.1 Å². The Labute approximate surface area is 209 Å². The second-order valence-electron chi connectivity index (χ2n) is 9.28. The lowest BCUT2D eigenvalue weighted by atomic mass is 9.90. The number of amides is 3. The van der Waals surface area contributed by atoms with Crippen molar-refractivity contribution in [3.63, 3.8) is 0 Å². The molecule has 11 nitrogen and oxygen atoms in total. The number of urea groups is 1. The maximum atomic E-state index is 14.5. The van der Waals surface area contributed by atoms with E-state index in [0.717, 1.165) is 9.21 Å². The van der Waals surface area contributed by atoms with Crippen molar-refractivity contribution in [2.75, 3.05) is 46.8 Å². The summed E-state index contributed by atoms with van der Waals surface area (Å²) in [6, 6.07) is -0.545. The van der Waals surface area contributed by atoms with Gasteiger partial charge in [-0.1, -0.05) is 0 Å². The van der Waals surface area contributed by atoms with E-state index in [1.165, 1.54) is 25.2 Å². The number of rotatable bonds is 4. The van der Waals surface area contributed by atoms with Crippen LogP contribution in [0.3, 0.4) is 0 Å². The molecule has 2 aliphatic rings. The molecule has 1 aromatic heterocycles. The summed E-state index contributed by atoms with van der Waals surface area (Å²) in [7, 11) is -1.54. The summed E-state index contributed by atoms with van der Waals surface area (Å²) in [5, 5.41) is 10.5. The zero-order valence-corrected chi connectivity index (χ0v) is 20.8. The maximum Gasteiger partial charge on any atom is 0.319 e. The molecule has 2 aromatic rings. The fourth-order valence-electron chi connectivity index (χ4n) is 4.89. The highest BCUT2D eigenvalue weighted by molar-refractivity contribution is 7.86. The minimum atomic E-state index is -4.46. The molecule has 16 heteroatoms. The van der Waals surface area contributed by atoms with Gasteiger partial charge in [-0.25, -0.2) is 22.4 Å². The highest BCUT2D eigenvalue weighted by Gasteiger charge is 2.53. The van der Waals surface area contributed by atoms with Gasteiger partial charge in [-0.05, 0) is 24.3 Å². The number of nitrogens with one attached hydrogen (secondary N) is 1. The quantitative estimate of drug-likeness (QED) is 0.291. The smallest absolute Gasteiger partial charge is 0.319 e. The number of piperazine rings is 1. The van der Waals surface area contributed by atoms with Crippen LogP contribution in [0.25, 0.3) is 10.9 Å². The average molecular weight is 551 g/mol. The van der Waals surface area contributed by atoms with Gasteiger partial charge in [-0.2, -0.15) is 12.7 Å². The second kappa shape index (κ2) is 9.41. The lowest BCUT2D eigenvalue weighted by Crippen LogP contribution is -2.72. The van der Waals surface area contributed by atoms with Crippen LogP contribution >= 0.6 is 0 Å². The molecule has 3 heterocycles. The van der Waals surface area contributed by atoms with Crippen molar-refractivity contribution in [3.05, 3.63) is 35.0 Å². The van der Waals surface area contributed by atoms with Gasteiger partial charge in [0, 0.05) is 51.9 Å². The van der Waals surface area contributed by atoms with Crippen LogP contribution in [0.4, 0.5) is 22.4 Å². The number of nitrogens with zero attached hydrogens (tertiary/aromatic N) is 4. The molecule has 0 spiro atoms. The molecule has 0 unspecified atom stereocenters. The van der Waals surface area contributed by atoms with Gasteiger partial charge in [-0.15, -0.1) is 4.31 Å². The highest BCUT2D eigenvalue weighted by atomic mass is 32.2. The van der Waals surface area contributed by atoms with Gasteiger partial charge >= 0.3 is 6.03 Å². The van der Waals surface area contributed by atoms with E-state index < -0.39 is 81.1 Å². The molecule has 0 aliphatic carbocycles. The largest absolute Gasteiger partial charge is 0.366 e. The molecular weight excluding hydrogens is 524 g/mol. The number of hydrogen-bond donors (Lipinski definition) is 3. The van der Waals surface area contributed by atoms with Crippen LogP contribution in [-0.2, 0) is 15.0 Å². The summed E-state index contributed by atoms with van der Waals surface area (Å²) in [4.78, 5) is 29.2. The summed E-state index contributed by atoms with van der Waals surface area (Å²) >= 11 is 0. The van der Waals surface area contributed by atoms with Gasteiger partial charge in [0.2, 0.25) is 5.72 Å². The summed E-state index contributed by atoms with van der Waals surface area (Å²) in [6.07, 6.45) is 1.43. The monoisotopic (exact) mass is 550 g/mol. The first kappa shape index (κ1) is 27.1. The predicted molar refractivity (Wildman–Crippen MR) is 122 cm³/mol. The molecule has 1 aromatic carbocycles. The third-order valence-electron chi connectivity index (χ3n) is 6.87. The summed E-state index contributed by atoms with van der Waals surface area (Å²) in [5.74, 6) is -8.86. The highest BCUT2D eigenvalue weighted by Crippen LogP contribution is 2.38. The van der Waals surface area contributed by atoms with Crippen molar-refractivity contribution in [2.24, 2.45) is 5.73 Å². The molecule has 2 aliphatic heterocycles. The first-order chi connectivity index (χ1) is 17.2. The maximum absolute atomic E-state index is 14.5. The first-order valence-corrected chi connectivity index (χ1v) is 12.7. The van der Waals surface area contributed by atoms with E-state index in [2.05, 4.69) is 4.98 Å². The number of halogens is 4. The van der Waals surface area contributed by atoms with E-state index in [1.54, 1.807) is 0 Å². The van der Waals surface area contributed by atoms with Crippen LogP contribution in [0.1, 0.15) is 24.3 Å². The first-order valence-electron chi connectivity index (χ1n) is 11.3. The Balaban J connectivity index is 1.55. The Hall–Kier alpha value is -2.95. The van der Waals surface area contributed by atoms with E-state index in [4.69, 9.17) is 5.73 Å². The molecule has 4 rings (SSSR count). The molecule has 204 valence electrons. The van der Waals surface area contributed by atoms with Crippen LogP contribution in [0.5, 0.6) is 0 Å². The zero-order chi connectivity index (χ0) is 27.4. The molecule has 37 heavy (non-hydrogen) atoms. The molecule has 0 bridgehead atoms. The van der Waals surface area contributed by atoms with Crippen molar-refractivity contribution in [1.29, 1.82) is 0 Å². The van der Waals surface area contributed by atoms with Crippen molar-refractivity contribution in [2.45, 2.75) is 24.5 Å². The number of aromatic amines is 1. The Bertz CT molecular complexity index is 1360. The van der Waals surface area contributed by atoms with Gasteiger partial charge in [0.1, 0.15) is 0 Å². The summed E-state index contributed by atoms with van der Waals surface area (Å²) < 4.78 is 84.4. The number of nitrogens with two attached hydrogens (primary N) is 1. The molecule has 0 saturated carbocycles. The van der Waals surface area contributed by atoms with Gasteiger partial charge in [0.15, 0.2) is 23.3 Å². The fourth-order valence-corrected chi connectivity index (χ4v) is 6.69. The number of aliphatic hydroxyl groups is 1. The normalized spacial score (nSPS) is 22.5. The van der Waals surface area contributed by atoms with E-state index in [9.17, 15) is 40.7 Å². The molecule has 1 atom stereocenters. The van der Waals surface area contributed by atoms with Crippen molar-refractivity contribution in [3.8, 4) is 0 Å². The molecule has 2 saturated heterocycles. The minimum absolute atomic E-state index is 0.0975. The third kappa shape index (κ3) is 4.30. The molecule has 2 fully saturated rings. The van der Waals surface area contributed by atoms with Gasteiger partial charge in [0.25, 0.3) is 16.1 Å². The van der Waals surface area contributed by atoms with Crippen LogP contribution in [0, 0.1) is 23.3 Å². The Morgan fingerprint density at radius 3 is 2.22 bits per heavy atom. The Morgan fingerprint density at radius 1 is 1.05 bits per heavy atom. The number of benzene rings is 1. The van der Waals surface area contributed by atoms with Crippen LogP contribution in [0.2, 0.25) is 0 Å². The molecule has 3 amide bonds. The number of carbonyl (C=O) groups excluding carboxylic acids is 2. The second-order valence-corrected chi connectivity index (χ2v) is 11.1. The Morgan fingerprint density at radius 2 is 1.65 bits per heavy atom. The summed E-state index contributed by atoms with van der Waals surface area (Å²) in [6.45, 7) is -1.46. The van der Waals surface area contributed by atoms with E-state index in [1.807, 2.05) is 0 Å². The lowest BCUT2D eigenvalue weighted by Gasteiger charge is -2.46. The van der Waals surface area contributed by atoms with E-state index in [0.29, 0.717) is 4.31 Å². The fraction of sp³-hybridized carbons (Fsp3) is 0.524. The number of aromatic nitrogens is 1. The van der Waals surface area contributed by atoms with Crippen LogP contribution < -0.4 is 5.73 Å². The summed E-state index contributed by atoms with van der Waals surface area (Å²) in [5.41, 5.74) is 2.30. The number of β-amino-alcohol motifs (C(OH)–C–C–N with tert-alkyl or cyclic N) is 1. The predicted octanol–water partition coefficient (Wildman–Crippen LogP) is 0.622. The molecular formula is C21H26F4N6O5S. The zero-order valence-electron chi connectivity index (χ0n) is 20.0. The van der Waals surface area contributed by atoms with Crippen LogP contribution in [-0.4, -0.2) is 101 Å². The standard InChI is InChI=1S/C21H26F4N6O5S/c1-28(2)20(33)29-7-8-31(21(34,10-29)19(26)32)37(35,36)30-5-3-11(4-6-30)12-9-27-18-13(12)14(22)15(23)16(24)17(18)25/h9,11,27,34H,3-8,10H2,1-2H3,(H2,26,32)/t21-/m1/s1. The van der Waals surface area contributed by atoms with Crippen molar-refractivity contribution in [1.82, 2.24) is 23.4 Å². The third-order valence-corrected chi connectivity index (χ3v) is 8.93. The van der Waals surface area contributed by atoms with Gasteiger partial charge in [-0.3, -0.25) is 4.79 Å². The van der Waals surface area contributed by atoms with Crippen molar-refractivity contribution < 1.29 is 40.7 Å².